The Morgan fingerprint density at radius 3 is 2.19 bits per heavy atom. The molecule has 5 nitrogen and oxygen atoms in total. The van der Waals surface area contributed by atoms with E-state index in [9.17, 15) is 9.59 Å². The number of nitrogens with one attached hydrogen (secondary N) is 2. The molecule has 0 radical (unpaired) electrons. The molecule has 108 valence electrons. The number of amides is 2. The van der Waals surface area contributed by atoms with Crippen LogP contribution >= 0.6 is 11.6 Å². The van der Waals surface area contributed by atoms with E-state index in [1.54, 1.807) is 24.3 Å². The minimum absolute atomic E-state index is 0.0835. The van der Waals surface area contributed by atoms with Crippen molar-refractivity contribution in [2.45, 2.75) is 6.54 Å². The van der Waals surface area contributed by atoms with Gasteiger partial charge in [0.1, 0.15) is 5.75 Å². The third kappa shape index (κ3) is 4.50. The van der Waals surface area contributed by atoms with Crippen molar-refractivity contribution < 1.29 is 14.7 Å². The van der Waals surface area contributed by atoms with Gasteiger partial charge in [-0.15, -0.1) is 0 Å². The summed E-state index contributed by atoms with van der Waals surface area (Å²) in [6, 6.07) is 12.8. The van der Waals surface area contributed by atoms with Crippen LogP contribution < -0.4 is 10.6 Å². The molecule has 0 unspecified atom stereocenters. The summed E-state index contributed by atoms with van der Waals surface area (Å²) in [6.45, 7) is 0.235. The van der Waals surface area contributed by atoms with Crippen LogP contribution in [0.1, 0.15) is 5.56 Å². The molecule has 0 aromatic heterocycles. The van der Waals surface area contributed by atoms with Gasteiger partial charge in [0, 0.05) is 17.3 Å². The lowest BCUT2D eigenvalue weighted by atomic mass is 10.2. The number of carbonyl (C=O) groups excluding carboxylic acids is 2. The second-order valence-corrected chi connectivity index (χ2v) is 4.75. The summed E-state index contributed by atoms with van der Waals surface area (Å²) in [6.07, 6.45) is 0. The summed E-state index contributed by atoms with van der Waals surface area (Å²) in [7, 11) is 0. The molecule has 0 saturated carbocycles. The highest BCUT2D eigenvalue weighted by atomic mass is 35.5. The quantitative estimate of drug-likeness (QED) is 0.601. The normalized spacial score (nSPS) is 9.95. The van der Waals surface area contributed by atoms with Crippen LogP contribution in [0.25, 0.3) is 0 Å². The number of phenolic OH excluding ortho intramolecular Hbond substituents is 1. The first-order valence-corrected chi connectivity index (χ1v) is 6.55. The molecular formula is C15H13ClN2O3. The minimum Gasteiger partial charge on any atom is -0.508 e. The van der Waals surface area contributed by atoms with Crippen molar-refractivity contribution in [2.75, 3.05) is 5.32 Å². The van der Waals surface area contributed by atoms with Crippen LogP contribution in [-0.4, -0.2) is 16.9 Å². The maximum atomic E-state index is 11.7. The Labute approximate surface area is 126 Å². The van der Waals surface area contributed by atoms with Crippen molar-refractivity contribution in [1.29, 1.82) is 0 Å². The predicted molar refractivity (Wildman–Crippen MR) is 80.0 cm³/mol. The fourth-order valence-corrected chi connectivity index (χ4v) is 1.72. The number of rotatable bonds is 3. The molecule has 2 rings (SSSR count). The topological polar surface area (TPSA) is 78.4 Å². The van der Waals surface area contributed by atoms with Crippen molar-refractivity contribution >= 4 is 29.1 Å². The van der Waals surface area contributed by atoms with Gasteiger partial charge in [0.25, 0.3) is 0 Å². The van der Waals surface area contributed by atoms with E-state index in [0.717, 1.165) is 5.56 Å². The third-order valence-corrected chi connectivity index (χ3v) is 2.95. The lowest BCUT2D eigenvalue weighted by Gasteiger charge is -2.07. The zero-order valence-corrected chi connectivity index (χ0v) is 11.7. The van der Waals surface area contributed by atoms with E-state index in [0.29, 0.717) is 10.7 Å². The standard InChI is InChI=1S/C15H13ClN2O3/c16-11-3-1-10(2-4-11)9-17-14(20)15(21)18-12-5-7-13(19)8-6-12/h1-8,19H,9H2,(H,17,20)(H,18,21). The van der Waals surface area contributed by atoms with Gasteiger partial charge in [-0.2, -0.15) is 0 Å². The van der Waals surface area contributed by atoms with Gasteiger partial charge in [0.2, 0.25) is 0 Å². The fourth-order valence-electron chi connectivity index (χ4n) is 1.60. The highest BCUT2D eigenvalue weighted by molar-refractivity contribution is 6.39. The van der Waals surface area contributed by atoms with Crippen LogP contribution in [0.5, 0.6) is 5.75 Å². The van der Waals surface area contributed by atoms with Crippen molar-refractivity contribution in [3.8, 4) is 5.75 Å². The smallest absolute Gasteiger partial charge is 0.313 e. The molecule has 0 atom stereocenters. The SMILES string of the molecule is O=C(NCc1ccc(Cl)cc1)C(=O)Nc1ccc(O)cc1. The molecule has 3 N–H and O–H groups in total. The summed E-state index contributed by atoms with van der Waals surface area (Å²) in [5.41, 5.74) is 1.27. The van der Waals surface area contributed by atoms with Gasteiger partial charge in [-0.3, -0.25) is 9.59 Å². The summed E-state index contributed by atoms with van der Waals surface area (Å²) in [4.78, 5) is 23.3. The fraction of sp³-hybridized carbons (Fsp3) is 0.0667. The van der Waals surface area contributed by atoms with Gasteiger partial charge in [-0.25, -0.2) is 0 Å². The number of anilines is 1. The Kier molecular flexibility index (Phi) is 4.79. The van der Waals surface area contributed by atoms with E-state index in [1.165, 1.54) is 24.3 Å². The number of aromatic hydroxyl groups is 1. The van der Waals surface area contributed by atoms with Gasteiger partial charge >= 0.3 is 11.8 Å². The highest BCUT2D eigenvalue weighted by Crippen LogP contribution is 2.13. The van der Waals surface area contributed by atoms with Crippen LogP contribution in [0.2, 0.25) is 5.02 Å². The first-order valence-electron chi connectivity index (χ1n) is 6.17. The lowest BCUT2D eigenvalue weighted by molar-refractivity contribution is -0.136. The first kappa shape index (κ1) is 14.9. The molecule has 2 amide bonds. The molecule has 0 saturated heterocycles. The molecule has 0 bridgehead atoms. The molecule has 2 aromatic carbocycles. The van der Waals surface area contributed by atoms with Gasteiger partial charge < -0.3 is 15.7 Å². The molecule has 0 fully saturated rings. The van der Waals surface area contributed by atoms with Crippen molar-refractivity contribution in [3.05, 3.63) is 59.1 Å². The number of carbonyl (C=O) groups is 2. The average molecular weight is 305 g/mol. The number of halogens is 1. The molecule has 0 spiro atoms. The molecule has 6 heteroatoms. The zero-order valence-electron chi connectivity index (χ0n) is 11.0. The number of benzene rings is 2. The summed E-state index contributed by atoms with van der Waals surface area (Å²) >= 11 is 5.76. The Morgan fingerprint density at radius 2 is 1.57 bits per heavy atom. The third-order valence-electron chi connectivity index (χ3n) is 2.70. The number of phenols is 1. The summed E-state index contributed by atoms with van der Waals surface area (Å²) < 4.78 is 0. The maximum Gasteiger partial charge on any atom is 0.313 e. The average Bonchev–Trinajstić information content (AvgIpc) is 2.48. The van der Waals surface area contributed by atoms with E-state index < -0.39 is 11.8 Å². The predicted octanol–water partition coefficient (Wildman–Crippen LogP) is 2.30. The summed E-state index contributed by atoms with van der Waals surface area (Å²) in [5.74, 6) is -1.42. The molecule has 0 aliphatic heterocycles. The largest absolute Gasteiger partial charge is 0.508 e. The Balaban J connectivity index is 1.86. The molecule has 2 aromatic rings. The molecule has 0 aliphatic carbocycles. The van der Waals surface area contributed by atoms with E-state index in [2.05, 4.69) is 10.6 Å². The highest BCUT2D eigenvalue weighted by Gasteiger charge is 2.13. The Hall–Kier alpha value is -2.53. The second kappa shape index (κ2) is 6.76. The number of hydrogen-bond donors (Lipinski definition) is 3. The van der Waals surface area contributed by atoms with Gasteiger partial charge in [0.05, 0.1) is 0 Å². The van der Waals surface area contributed by atoms with Crippen LogP contribution in [0.15, 0.2) is 48.5 Å². The van der Waals surface area contributed by atoms with Crippen molar-refractivity contribution in [3.63, 3.8) is 0 Å². The molecule has 0 heterocycles. The van der Waals surface area contributed by atoms with Crippen LogP contribution in [0.3, 0.4) is 0 Å². The van der Waals surface area contributed by atoms with Crippen molar-refractivity contribution in [1.82, 2.24) is 5.32 Å². The Morgan fingerprint density at radius 1 is 0.952 bits per heavy atom. The minimum atomic E-state index is -0.769. The van der Waals surface area contributed by atoms with E-state index in [-0.39, 0.29) is 12.3 Å². The van der Waals surface area contributed by atoms with Crippen LogP contribution in [0, 0.1) is 0 Å². The van der Waals surface area contributed by atoms with E-state index >= 15 is 0 Å². The molecule has 0 aliphatic rings. The van der Waals surface area contributed by atoms with Crippen LogP contribution in [0.4, 0.5) is 5.69 Å². The lowest BCUT2D eigenvalue weighted by Crippen LogP contribution is -2.34. The van der Waals surface area contributed by atoms with Crippen molar-refractivity contribution in [2.24, 2.45) is 0 Å². The van der Waals surface area contributed by atoms with Gasteiger partial charge in [0.15, 0.2) is 0 Å². The van der Waals surface area contributed by atoms with Gasteiger partial charge in [-0.05, 0) is 42.0 Å². The monoisotopic (exact) mass is 304 g/mol. The first-order chi connectivity index (χ1) is 10.0. The maximum absolute atomic E-state index is 11.7. The Bertz CT molecular complexity index is 639. The van der Waals surface area contributed by atoms with Crippen LogP contribution in [-0.2, 0) is 16.1 Å². The molecule has 21 heavy (non-hydrogen) atoms. The molecular weight excluding hydrogens is 292 g/mol. The zero-order chi connectivity index (χ0) is 15.2. The second-order valence-electron chi connectivity index (χ2n) is 4.31. The summed E-state index contributed by atoms with van der Waals surface area (Å²) in [5, 5.41) is 14.7. The number of hydrogen-bond acceptors (Lipinski definition) is 3. The van der Waals surface area contributed by atoms with Gasteiger partial charge in [-0.1, -0.05) is 23.7 Å². The van der Waals surface area contributed by atoms with E-state index in [1.807, 2.05) is 0 Å². The van der Waals surface area contributed by atoms with E-state index in [4.69, 9.17) is 16.7 Å².